The third-order valence-corrected chi connectivity index (χ3v) is 3.06. The van der Waals surface area contributed by atoms with E-state index in [-0.39, 0.29) is 0 Å². The molecule has 2 nitrogen and oxygen atoms in total. The Morgan fingerprint density at radius 1 is 1.33 bits per heavy atom. The first-order chi connectivity index (χ1) is 7.34. The predicted molar refractivity (Wildman–Crippen MR) is 64.2 cm³/mol. The molecule has 82 valence electrons. The molecule has 0 unspecified atom stereocenters. The maximum absolute atomic E-state index is 5.83. The molecule has 15 heavy (non-hydrogen) atoms. The Balaban J connectivity index is 1.79. The summed E-state index contributed by atoms with van der Waals surface area (Å²) in [6, 6.07) is 8.65. The Hall–Kier alpha value is -0.570. The average molecular weight is 225 g/mol. The van der Waals surface area contributed by atoms with Crippen LogP contribution in [-0.2, 0) is 6.54 Å². The van der Waals surface area contributed by atoms with Crippen molar-refractivity contribution in [3.05, 3.63) is 34.9 Å². The van der Waals surface area contributed by atoms with E-state index in [0.29, 0.717) is 6.04 Å². The molecule has 0 aromatic heterocycles. The maximum Gasteiger partial charge on any atom is 0.0406 e. The van der Waals surface area contributed by atoms with Crippen molar-refractivity contribution in [2.24, 2.45) is 0 Å². The van der Waals surface area contributed by atoms with Crippen molar-refractivity contribution in [2.45, 2.75) is 25.4 Å². The molecule has 1 aromatic carbocycles. The first-order valence-electron chi connectivity index (χ1n) is 5.53. The Kier molecular flexibility index (Phi) is 4.01. The zero-order valence-corrected chi connectivity index (χ0v) is 9.56. The molecule has 1 aliphatic rings. The lowest BCUT2D eigenvalue weighted by Gasteiger charge is -2.23. The fourth-order valence-electron chi connectivity index (χ4n) is 1.89. The van der Waals surface area contributed by atoms with Crippen molar-refractivity contribution in [1.82, 2.24) is 10.6 Å². The summed E-state index contributed by atoms with van der Waals surface area (Å²) in [4.78, 5) is 0. The lowest BCUT2D eigenvalue weighted by molar-refractivity contribution is 0.389. The number of benzene rings is 1. The number of piperidine rings is 1. The number of hydrogen-bond acceptors (Lipinski definition) is 2. The van der Waals surface area contributed by atoms with Crippen LogP contribution in [0.2, 0.25) is 5.02 Å². The highest BCUT2D eigenvalue weighted by Gasteiger charge is 2.11. The van der Waals surface area contributed by atoms with Gasteiger partial charge in [-0.2, -0.15) is 0 Å². The van der Waals surface area contributed by atoms with Crippen molar-refractivity contribution in [3.8, 4) is 0 Å². The zero-order chi connectivity index (χ0) is 10.5. The van der Waals surface area contributed by atoms with Gasteiger partial charge in [-0.05, 0) is 37.1 Å². The van der Waals surface area contributed by atoms with Gasteiger partial charge in [-0.1, -0.05) is 23.7 Å². The second-order valence-electron chi connectivity index (χ2n) is 4.05. The van der Waals surface area contributed by atoms with Gasteiger partial charge in [0.25, 0.3) is 0 Å². The van der Waals surface area contributed by atoms with Crippen molar-refractivity contribution >= 4 is 11.6 Å². The minimum Gasteiger partial charge on any atom is -0.315 e. The lowest BCUT2D eigenvalue weighted by atomic mass is 10.1. The second-order valence-corrected chi connectivity index (χ2v) is 4.49. The van der Waals surface area contributed by atoms with E-state index >= 15 is 0 Å². The van der Waals surface area contributed by atoms with Gasteiger partial charge in [-0.15, -0.1) is 0 Å². The minimum atomic E-state index is 0.620. The lowest BCUT2D eigenvalue weighted by Crippen LogP contribution is -2.42. The quantitative estimate of drug-likeness (QED) is 0.823. The van der Waals surface area contributed by atoms with Crippen LogP contribution in [0.4, 0.5) is 0 Å². The molecule has 3 heteroatoms. The van der Waals surface area contributed by atoms with Crippen molar-refractivity contribution in [1.29, 1.82) is 0 Å². The van der Waals surface area contributed by atoms with Crippen molar-refractivity contribution in [2.75, 3.05) is 13.1 Å². The van der Waals surface area contributed by atoms with Gasteiger partial charge in [0, 0.05) is 24.2 Å². The Morgan fingerprint density at radius 3 is 2.80 bits per heavy atom. The smallest absolute Gasteiger partial charge is 0.0406 e. The minimum absolute atomic E-state index is 0.620. The highest BCUT2D eigenvalue weighted by Crippen LogP contribution is 2.10. The monoisotopic (exact) mass is 224 g/mol. The summed E-state index contributed by atoms with van der Waals surface area (Å²) in [5, 5.41) is 7.75. The third-order valence-electron chi connectivity index (χ3n) is 2.80. The molecule has 0 aliphatic carbocycles. The second kappa shape index (κ2) is 5.50. The number of hydrogen-bond donors (Lipinski definition) is 2. The molecule has 0 saturated carbocycles. The highest BCUT2D eigenvalue weighted by atomic mass is 35.5. The van der Waals surface area contributed by atoms with E-state index in [2.05, 4.69) is 22.8 Å². The van der Waals surface area contributed by atoms with Gasteiger partial charge in [0.1, 0.15) is 0 Å². The molecule has 0 radical (unpaired) electrons. The number of rotatable bonds is 3. The van der Waals surface area contributed by atoms with E-state index in [4.69, 9.17) is 11.6 Å². The van der Waals surface area contributed by atoms with Crippen molar-refractivity contribution in [3.63, 3.8) is 0 Å². The predicted octanol–water partition coefficient (Wildman–Crippen LogP) is 2.18. The molecule has 1 aliphatic heterocycles. The normalized spacial score (nSPS) is 21.5. The van der Waals surface area contributed by atoms with Gasteiger partial charge >= 0.3 is 0 Å². The van der Waals surface area contributed by atoms with Gasteiger partial charge < -0.3 is 10.6 Å². The van der Waals surface area contributed by atoms with Crippen LogP contribution in [0.15, 0.2) is 24.3 Å². The molecule has 0 amide bonds. The van der Waals surface area contributed by atoms with Crippen LogP contribution in [-0.4, -0.2) is 19.1 Å². The molecule has 0 spiro atoms. The molecule has 1 heterocycles. The van der Waals surface area contributed by atoms with Crippen LogP contribution in [0.25, 0.3) is 0 Å². The van der Waals surface area contributed by atoms with Crippen molar-refractivity contribution < 1.29 is 0 Å². The Morgan fingerprint density at radius 2 is 2.13 bits per heavy atom. The van der Waals surface area contributed by atoms with Gasteiger partial charge in [0.05, 0.1) is 0 Å². The summed E-state index contributed by atoms with van der Waals surface area (Å²) in [5.74, 6) is 0. The first kappa shape index (κ1) is 10.9. The van der Waals surface area contributed by atoms with Crippen LogP contribution in [0.3, 0.4) is 0 Å². The van der Waals surface area contributed by atoms with Gasteiger partial charge in [0.15, 0.2) is 0 Å². The summed E-state index contributed by atoms with van der Waals surface area (Å²) >= 11 is 5.83. The van der Waals surface area contributed by atoms with Crippen LogP contribution >= 0.6 is 11.6 Å². The van der Waals surface area contributed by atoms with Gasteiger partial charge in [-0.3, -0.25) is 0 Å². The Labute approximate surface area is 96.0 Å². The summed E-state index contributed by atoms with van der Waals surface area (Å²) in [5.41, 5.74) is 1.30. The van der Waals surface area contributed by atoms with E-state index in [0.717, 1.165) is 18.1 Å². The van der Waals surface area contributed by atoms with E-state index in [9.17, 15) is 0 Å². The summed E-state index contributed by atoms with van der Waals surface area (Å²) in [6.45, 7) is 3.19. The summed E-state index contributed by atoms with van der Waals surface area (Å²) in [6.07, 6.45) is 2.55. The standard InChI is InChI=1S/C12H17ClN2/c13-11-5-3-10(4-6-11)8-15-12-2-1-7-14-9-12/h3-6,12,14-15H,1-2,7-9H2/t12-/m1/s1. The SMILES string of the molecule is Clc1ccc(CN[C@@H]2CCCNC2)cc1. The largest absolute Gasteiger partial charge is 0.315 e. The maximum atomic E-state index is 5.83. The molecule has 0 bridgehead atoms. The summed E-state index contributed by atoms with van der Waals surface area (Å²) < 4.78 is 0. The van der Waals surface area contributed by atoms with E-state index < -0.39 is 0 Å². The van der Waals surface area contributed by atoms with E-state index in [1.54, 1.807) is 0 Å². The molecule has 1 aromatic rings. The van der Waals surface area contributed by atoms with Gasteiger partial charge in [-0.25, -0.2) is 0 Å². The zero-order valence-electron chi connectivity index (χ0n) is 8.80. The molecular formula is C12H17ClN2. The molecular weight excluding hydrogens is 208 g/mol. The van der Waals surface area contributed by atoms with Crippen LogP contribution in [0.1, 0.15) is 18.4 Å². The summed E-state index contributed by atoms with van der Waals surface area (Å²) in [7, 11) is 0. The fourth-order valence-corrected chi connectivity index (χ4v) is 2.02. The number of nitrogens with one attached hydrogen (secondary N) is 2. The molecule has 2 rings (SSSR count). The van der Waals surface area contributed by atoms with Crippen LogP contribution in [0, 0.1) is 0 Å². The third kappa shape index (κ3) is 3.49. The average Bonchev–Trinajstić information content (AvgIpc) is 2.30. The Bertz CT molecular complexity index is 291. The molecule has 2 N–H and O–H groups in total. The highest BCUT2D eigenvalue weighted by molar-refractivity contribution is 6.30. The van der Waals surface area contributed by atoms with E-state index in [1.807, 2.05) is 12.1 Å². The molecule has 1 atom stereocenters. The van der Waals surface area contributed by atoms with Crippen LogP contribution in [0.5, 0.6) is 0 Å². The topological polar surface area (TPSA) is 24.1 Å². The molecule has 1 saturated heterocycles. The van der Waals surface area contributed by atoms with E-state index in [1.165, 1.54) is 24.9 Å². The molecule has 1 fully saturated rings. The van der Waals surface area contributed by atoms with Gasteiger partial charge in [0.2, 0.25) is 0 Å². The first-order valence-corrected chi connectivity index (χ1v) is 5.91. The fraction of sp³-hybridized carbons (Fsp3) is 0.500. The number of halogens is 1. The van der Waals surface area contributed by atoms with Crippen LogP contribution < -0.4 is 10.6 Å².